The Balaban J connectivity index is 1.59. The number of methoxy groups -OCH3 is 1. The predicted molar refractivity (Wildman–Crippen MR) is 122 cm³/mol. The van der Waals surface area contributed by atoms with Crippen molar-refractivity contribution in [1.29, 1.82) is 0 Å². The van der Waals surface area contributed by atoms with Gasteiger partial charge in [-0.2, -0.15) is 0 Å². The van der Waals surface area contributed by atoms with Crippen LogP contribution in [-0.2, 0) is 4.79 Å². The van der Waals surface area contributed by atoms with E-state index in [-0.39, 0.29) is 11.7 Å². The van der Waals surface area contributed by atoms with Gasteiger partial charge < -0.3 is 10.1 Å². The summed E-state index contributed by atoms with van der Waals surface area (Å²) >= 11 is 2.81. The van der Waals surface area contributed by atoms with Gasteiger partial charge in [-0.3, -0.25) is 9.36 Å². The second-order valence-electron chi connectivity index (χ2n) is 6.46. The standard InChI is InChI=1S/C22H20N4O2S2/c1-15-13-29-21(24-15)25-20(27)14-30-22-23-12-19(16-8-10-18(28-2)11-9-16)26(22)17-6-4-3-5-7-17/h3-13H,14H2,1-2H3,(H,24,25,27). The topological polar surface area (TPSA) is 69.0 Å². The summed E-state index contributed by atoms with van der Waals surface area (Å²) in [6.45, 7) is 1.90. The fourth-order valence-electron chi connectivity index (χ4n) is 2.93. The number of nitrogens with zero attached hydrogens (tertiary/aromatic N) is 3. The molecule has 2 heterocycles. The summed E-state index contributed by atoms with van der Waals surface area (Å²) in [5.41, 5.74) is 3.84. The zero-order valence-electron chi connectivity index (χ0n) is 16.5. The lowest BCUT2D eigenvalue weighted by molar-refractivity contribution is -0.113. The van der Waals surface area contributed by atoms with Crippen molar-refractivity contribution < 1.29 is 9.53 Å². The van der Waals surface area contributed by atoms with Crippen molar-refractivity contribution in [2.75, 3.05) is 18.2 Å². The quantitative estimate of drug-likeness (QED) is 0.411. The smallest absolute Gasteiger partial charge is 0.236 e. The minimum Gasteiger partial charge on any atom is -0.497 e. The van der Waals surface area contributed by atoms with E-state index in [4.69, 9.17) is 4.74 Å². The third kappa shape index (κ3) is 4.55. The monoisotopic (exact) mass is 436 g/mol. The lowest BCUT2D eigenvalue weighted by Gasteiger charge is -2.12. The molecule has 0 radical (unpaired) electrons. The van der Waals surface area contributed by atoms with Gasteiger partial charge in [-0.1, -0.05) is 30.0 Å². The number of amides is 1. The highest BCUT2D eigenvalue weighted by Gasteiger charge is 2.16. The summed E-state index contributed by atoms with van der Waals surface area (Å²) in [5.74, 6) is 0.932. The van der Waals surface area contributed by atoms with Crippen molar-refractivity contribution in [2.45, 2.75) is 12.1 Å². The zero-order chi connectivity index (χ0) is 20.9. The van der Waals surface area contributed by atoms with E-state index in [1.807, 2.05) is 73.1 Å². The maximum Gasteiger partial charge on any atom is 0.236 e. The van der Waals surface area contributed by atoms with Crippen molar-refractivity contribution in [2.24, 2.45) is 0 Å². The fraction of sp³-hybridized carbons (Fsp3) is 0.136. The summed E-state index contributed by atoms with van der Waals surface area (Å²) in [4.78, 5) is 21.2. The van der Waals surface area contributed by atoms with Crippen LogP contribution < -0.4 is 10.1 Å². The Labute approximate surface area is 183 Å². The van der Waals surface area contributed by atoms with Gasteiger partial charge in [0.05, 0.1) is 30.4 Å². The molecule has 1 amide bonds. The molecule has 2 aromatic heterocycles. The SMILES string of the molecule is COc1ccc(-c2cnc(SCC(=O)Nc3nc(C)cs3)n2-c2ccccc2)cc1. The molecule has 8 heteroatoms. The minimum atomic E-state index is -0.108. The summed E-state index contributed by atoms with van der Waals surface area (Å²) in [5, 5.41) is 6.11. The zero-order valence-corrected chi connectivity index (χ0v) is 18.2. The number of thioether (sulfide) groups is 1. The van der Waals surface area contributed by atoms with E-state index in [0.717, 1.165) is 33.5 Å². The Morgan fingerprint density at radius 3 is 2.60 bits per heavy atom. The fourth-order valence-corrected chi connectivity index (χ4v) is 4.42. The number of anilines is 1. The molecule has 30 heavy (non-hydrogen) atoms. The highest BCUT2D eigenvalue weighted by Crippen LogP contribution is 2.31. The van der Waals surface area contributed by atoms with Gasteiger partial charge in [0.1, 0.15) is 5.75 Å². The third-order valence-corrected chi connectivity index (χ3v) is 6.16. The van der Waals surface area contributed by atoms with Crippen LogP contribution in [-0.4, -0.2) is 33.3 Å². The van der Waals surface area contributed by atoms with Gasteiger partial charge in [-0.25, -0.2) is 9.97 Å². The number of aromatic nitrogens is 3. The van der Waals surface area contributed by atoms with E-state index in [1.165, 1.54) is 23.1 Å². The summed E-state index contributed by atoms with van der Waals surface area (Å²) < 4.78 is 7.33. The molecule has 6 nitrogen and oxygen atoms in total. The number of hydrogen-bond donors (Lipinski definition) is 1. The van der Waals surface area contributed by atoms with Gasteiger partial charge in [-0.15, -0.1) is 11.3 Å². The second-order valence-corrected chi connectivity index (χ2v) is 8.26. The number of nitrogens with one attached hydrogen (secondary N) is 1. The number of para-hydroxylation sites is 1. The Kier molecular flexibility index (Phi) is 6.15. The molecule has 4 aromatic rings. The third-order valence-electron chi connectivity index (χ3n) is 4.33. The Morgan fingerprint density at radius 1 is 1.17 bits per heavy atom. The van der Waals surface area contributed by atoms with Crippen LogP contribution >= 0.6 is 23.1 Å². The van der Waals surface area contributed by atoms with Gasteiger partial charge in [-0.05, 0) is 43.3 Å². The highest BCUT2D eigenvalue weighted by molar-refractivity contribution is 7.99. The lowest BCUT2D eigenvalue weighted by Crippen LogP contribution is -2.14. The molecule has 0 saturated carbocycles. The van der Waals surface area contributed by atoms with Crippen LogP contribution in [0.4, 0.5) is 5.13 Å². The molecule has 0 bridgehead atoms. The molecular formula is C22H20N4O2S2. The number of carbonyl (C=O) groups is 1. The first-order valence-corrected chi connectivity index (χ1v) is 11.1. The molecule has 0 atom stereocenters. The average molecular weight is 437 g/mol. The number of hydrogen-bond acceptors (Lipinski definition) is 6. The predicted octanol–water partition coefficient (Wildman–Crippen LogP) is 5.04. The molecule has 4 rings (SSSR count). The molecular weight excluding hydrogens is 416 g/mol. The highest BCUT2D eigenvalue weighted by atomic mass is 32.2. The maximum absolute atomic E-state index is 12.4. The molecule has 152 valence electrons. The van der Waals surface area contributed by atoms with Crippen LogP contribution in [0.25, 0.3) is 16.9 Å². The van der Waals surface area contributed by atoms with E-state index in [2.05, 4.69) is 19.9 Å². The maximum atomic E-state index is 12.4. The number of thiazole rings is 1. The molecule has 1 N–H and O–H groups in total. The van der Waals surface area contributed by atoms with Crippen molar-refractivity contribution in [3.05, 3.63) is 71.9 Å². The summed E-state index contributed by atoms with van der Waals surface area (Å²) in [6.07, 6.45) is 1.83. The first-order chi connectivity index (χ1) is 14.6. The minimum absolute atomic E-state index is 0.108. The Morgan fingerprint density at radius 2 is 1.93 bits per heavy atom. The van der Waals surface area contributed by atoms with E-state index in [1.54, 1.807) is 7.11 Å². The van der Waals surface area contributed by atoms with Crippen molar-refractivity contribution in [3.63, 3.8) is 0 Å². The number of rotatable bonds is 7. The van der Waals surface area contributed by atoms with Crippen LogP contribution in [0.5, 0.6) is 5.75 Å². The van der Waals surface area contributed by atoms with E-state index in [9.17, 15) is 4.79 Å². The van der Waals surface area contributed by atoms with E-state index >= 15 is 0 Å². The van der Waals surface area contributed by atoms with E-state index < -0.39 is 0 Å². The Hall–Kier alpha value is -3.10. The molecule has 0 aliphatic carbocycles. The molecule has 0 unspecified atom stereocenters. The molecule has 2 aromatic carbocycles. The number of carbonyl (C=O) groups excluding carboxylic acids is 1. The van der Waals surface area contributed by atoms with Gasteiger partial charge in [0.15, 0.2) is 10.3 Å². The van der Waals surface area contributed by atoms with Crippen molar-refractivity contribution in [3.8, 4) is 22.7 Å². The van der Waals surface area contributed by atoms with Crippen LogP contribution in [0, 0.1) is 6.92 Å². The second kappa shape index (κ2) is 9.15. The van der Waals surface area contributed by atoms with Gasteiger partial charge >= 0.3 is 0 Å². The molecule has 0 fully saturated rings. The van der Waals surface area contributed by atoms with Crippen molar-refractivity contribution >= 4 is 34.1 Å². The lowest BCUT2D eigenvalue weighted by atomic mass is 10.1. The molecule has 0 aliphatic rings. The first kappa shape index (κ1) is 20.2. The van der Waals surface area contributed by atoms with Crippen LogP contribution in [0.15, 0.2) is 71.3 Å². The van der Waals surface area contributed by atoms with Gasteiger partial charge in [0.2, 0.25) is 5.91 Å². The van der Waals surface area contributed by atoms with E-state index in [0.29, 0.717) is 5.13 Å². The number of aryl methyl sites for hydroxylation is 1. The normalized spacial score (nSPS) is 10.7. The van der Waals surface area contributed by atoms with Crippen LogP contribution in [0.2, 0.25) is 0 Å². The van der Waals surface area contributed by atoms with Gasteiger partial charge in [0, 0.05) is 16.6 Å². The number of benzene rings is 2. The summed E-state index contributed by atoms with van der Waals surface area (Å²) in [7, 11) is 1.65. The van der Waals surface area contributed by atoms with Crippen LogP contribution in [0.1, 0.15) is 5.69 Å². The number of imidazole rings is 1. The Bertz CT molecular complexity index is 1140. The van der Waals surface area contributed by atoms with Crippen LogP contribution in [0.3, 0.4) is 0 Å². The average Bonchev–Trinajstić information content (AvgIpc) is 3.39. The molecule has 0 aliphatic heterocycles. The number of ether oxygens (including phenoxy) is 1. The van der Waals surface area contributed by atoms with Gasteiger partial charge in [0.25, 0.3) is 0 Å². The van der Waals surface area contributed by atoms with Crippen molar-refractivity contribution in [1.82, 2.24) is 14.5 Å². The summed E-state index contributed by atoms with van der Waals surface area (Å²) in [6, 6.07) is 17.8. The first-order valence-electron chi connectivity index (χ1n) is 9.26. The molecule has 0 spiro atoms. The molecule has 0 saturated heterocycles. The largest absolute Gasteiger partial charge is 0.497 e.